The molecule has 1 aliphatic heterocycles. The van der Waals surface area contributed by atoms with Crippen molar-refractivity contribution < 1.29 is 17.9 Å². The Hall–Kier alpha value is -1.65. The highest BCUT2D eigenvalue weighted by Gasteiger charge is 2.27. The van der Waals surface area contributed by atoms with Gasteiger partial charge in [-0.2, -0.15) is 4.31 Å². The lowest BCUT2D eigenvalue weighted by molar-refractivity contribution is -0.118. The van der Waals surface area contributed by atoms with E-state index in [1.807, 2.05) is 7.05 Å². The van der Waals surface area contributed by atoms with Crippen molar-refractivity contribution in [2.45, 2.75) is 4.90 Å². The number of hydrogen-bond donors (Lipinski definition) is 1. The molecule has 7 nitrogen and oxygen atoms in total. The van der Waals surface area contributed by atoms with Crippen LogP contribution in [0.25, 0.3) is 0 Å². The minimum Gasteiger partial charge on any atom is -0.482 e. The number of anilines is 1. The average molecular weight is 503 g/mol. The Morgan fingerprint density at radius 1 is 1.14 bits per heavy atom. The molecule has 1 saturated heterocycles. The number of halogens is 2. The fourth-order valence-electron chi connectivity index (χ4n) is 2.82. The molecule has 0 spiro atoms. The average Bonchev–Trinajstić information content (AvgIpc) is 2.68. The lowest BCUT2D eigenvalue weighted by atomic mass is 10.3. The van der Waals surface area contributed by atoms with Gasteiger partial charge in [0.1, 0.15) is 5.75 Å². The van der Waals surface area contributed by atoms with Crippen LogP contribution in [0, 0.1) is 0 Å². The number of piperazine rings is 1. The molecule has 10 heteroatoms. The maximum absolute atomic E-state index is 12.7. The molecule has 0 atom stereocenters. The Labute approximate surface area is 183 Å². The van der Waals surface area contributed by atoms with E-state index in [4.69, 9.17) is 16.3 Å². The van der Waals surface area contributed by atoms with Crippen LogP contribution in [0.15, 0.2) is 51.8 Å². The Morgan fingerprint density at radius 3 is 2.41 bits per heavy atom. The molecule has 1 N–H and O–H groups in total. The summed E-state index contributed by atoms with van der Waals surface area (Å²) in [4.78, 5) is 14.4. The number of carbonyl (C=O) groups excluding carboxylic acids is 1. The molecule has 1 heterocycles. The minimum absolute atomic E-state index is 0.206. The van der Waals surface area contributed by atoms with Gasteiger partial charge in [-0.25, -0.2) is 8.42 Å². The second kappa shape index (κ2) is 9.44. The van der Waals surface area contributed by atoms with Crippen LogP contribution in [0.1, 0.15) is 0 Å². The van der Waals surface area contributed by atoms with Crippen LogP contribution in [-0.4, -0.2) is 63.4 Å². The Bertz CT molecular complexity index is 977. The number of nitrogens with zero attached hydrogens (tertiary/aromatic N) is 2. The first-order valence-corrected chi connectivity index (χ1v) is 11.5. The van der Waals surface area contributed by atoms with Crippen LogP contribution in [0.5, 0.6) is 5.75 Å². The SMILES string of the molecule is CN1CCN(S(=O)(=O)c2ccc(NC(=O)COc3ccc(Br)cc3Cl)cc2)CC1. The van der Waals surface area contributed by atoms with Crippen molar-refractivity contribution in [2.75, 3.05) is 45.2 Å². The highest BCUT2D eigenvalue weighted by atomic mass is 79.9. The van der Waals surface area contributed by atoms with Gasteiger partial charge < -0.3 is 15.0 Å². The number of nitrogens with one attached hydrogen (secondary N) is 1. The summed E-state index contributed by atoms with van der Waals surface area (Å²) in [5.74, 6) is 0.0253. The Morgan fingerprint density at radius 2 is 1.79 bits per heavy atom. The second-order valence-electron chi connectivity index (χ2n) is 6.64. The first-order chi connectivity index (χ1) is 13.8. The van der Waals surface area contributed by atoms with E-state index in [1.165, 1.54) is 16.4 Å². The number of amides is 1. The quantitative estimate of drug-likeness (QED) is 0.657. The van der Waals surface area contributed by atoms with Crippen molar-refractivity contribution in [3.05, 3.63) is 52.0 Å². The number of sulfonamides is 1. The minimum atomic E-state index is -3.53. The molecule has 0 bridgehead atoms. The molecule has 2 aromatic carbocycles. The maximum atomic E-state index is 12.7. The summed E-state index contributed by atoms with van der Waals surface area (Å²) in [6.07, 6.45) is 0. The standard InChI is InChI=1S/C19H21BrClN3O4S/c1-23-8-10-24(11-9-23)29(26,27)16-5-3-15(4-6-16)22-19(25)13-28-18-7-2-14(20)12-17(18)21/h2-7,12H,8-11,13H2,1H3,(H,22,25). The highest BCUT2D eigenvalue weighted by molar-refractivity contribution is 9.10. The van der Waals surface area contributed by atoms with Crippen molar-refractivity contribution in [3.8, 4) is 5.75 Å². The van der Waals surface area contributed by atoms with Crippen LogP contribution in [0.3, 0.4) is 0 Å². The summed E-state index contributed by atoms with van der Waals surface area (Å²) in [6, 6.07) is 11.2. The van der Waals surface area contributed by atoms with Crippen LogP contribution in [0.2, 0.25) is 5.02 Å². The molecule has 29 heavy (non-hydrogen) atoms. The van der Waals surface area contributed by atoms with Crippen LogP contribution >= 0.6 is 27.5 Å². The first kappa shape index (κ1) is 22.0. The monoisotopic (exact) mass is 501 g/mol. The fraction of sp³-hybridized carbons (Fsp3) is 0.316. The van der Waals surface area contributed by atoms with Crippen LogP contribution < -0.4 is 10.1 Å². The van der Waals surface area contributed by atoms with Crippen molar-refractivity contribution in [1.29, 1.82) is 0 Å². The molecule has 1 fully saturated rings. The van der Waals surface area contributed by atoms with Crippen molar-refractivity contribution >= 4 is 49.1 Å². The number of hydrogen-bond acceptors (Lipinski definition) is 5. The Kier molecular flexibility index (Phi) is 7.18. The van der Waals surface area contributed by atoms with Crippen LogP contribution in [-0.2, 0) is 14.8 Å². The third kappa shape index (κ3) is 5.70. The van der Waals surface area contributed by atoms with Gasteiger partial charge >= 0.3 is 0 Å². The summed E-state index contributed by atoms with van der Waals surface area (Å²) in [6.45, 7) is 2.12. The lowest BCUT2D eigenvalue weighted by Gasteiger charge is -2.31. The van der Waals surface area contributed by atoms with Gasteiger partial charge in [-0.1, -0.05) is 27.5 Å². The number of rotatable bonds is 6. The number of likely N-dealkylation sites (N-methyl/N-ethyl adjacent to an activating group) is 1. The van der Waals surface area contributed by atoms with Crippen molar-refractivity contribution in [1.82, 2.24) is 9.21 Å². The molecular weight excluding hydrogens is 482 g/mol. The van der Waals surface area contributed by atoms with Gasteiger partial charge in [0, 0.05) is 36.3 Å². The molecule has 0 aliphatic carbocycles. The smallest absolute Gasteiger partial charge is 0.262 e. The zero-order chi connectivity index (χ0) is 21.0. The summed E-state index contributed by atoms with van der Waals surface area (Å²) in [7, 11) is -1.57. The molecular formula is C19H21BrClN3O4S. The summed E-state index contributed by atoms with van der Waals surface area (Å²) in [5, 5.41) is 3.07. The summed E-state index contributed by atoms with van der Waals surface area (Å²) < 4.78 is 33.2. The highest BCUT2D eigenvalue weighted by Crippen LogP contribution is 2.27. The van der Waals surface area contributed by atoms with Gasteiger partial charge in [-0.15, -0.1) is 0 Å². The van der Waals surface area contributed by atoms with E-state index in [0.29, 0.717) is 42.6 Å². The molecule has 0 unspecified atom stereocenters. The second-order valence-corrected chi connectivity index (χ2v) is 9.90. The number of benzene rings is 2. The van der Waals surface area contributed by atoms with Gasteiger partial charge in [0.2, 0.25) is 10.0 Å². The van der Waals surface area contributed by atoms with E-state index in [-0.39, 0.29) is 17.4 Å². The molecule has 3 rings (SSSR count). The molecule has 1 aliphatic rings. The third-order valence-corrected chi connectivity index (χ3v) is 7.19. The predicted octanol–water partition coefficient (Wildman–Crippen LogP) is 3.06. The van der Waals surface area contributed by atoms with E-state index < -0.39 is 10.0 Å². The van der Waals surface area contributed by atoms with E-state index >= 15 is 0 Å². The van der Waals surface area contributed by atoms with Gasteiger partial charge in [-0.3, -0.25) is 4.79 Å². The maximum Gasteiger partial charge on any atom is 0.262 e. The summed E-state index contributed by atoms with van der Waals surface area (Å²) in [5.41, 5.74) is 0.484. The topological polar surface area (TPSA) is 79.0 Å². The molecule has 0 saturated carbocycles. The van der Waals surface area contributed by atoms with Gasteiger partial charge in [0.05, 0.1) is 9.92 Å². The van der Waals surface area contributed by atoms with Gasteiger partial charge in [0.25, 0.3) is 5.91 Å². The molecule has 0 radical (unpaired) electrons. The molecule has 0 aromatic heterocycles. The van der Waals surface area contributed by atoms with E-state index in [1.54, 1.807) is 30.3 Å². The third-order valence-electron chi connectivity index (χ3n) is 4.49. The molecule has 1 amide bonds. The summed E-state index contributed by atoms with van der Waals surface area (Å²) >= 11 is 9.36. The fourth-order valence-corrected chi connectivity index (χ4v) is 4.97. The normalized spacial score (nSPS) is 15.8. The Balaban J connectivity index is 1.57. The zero-order valence-electron chi connectivity index (χ0n) is 15.8. The van der Waals surface area contributed by atoms with Gasteiger partial charge in [0.15, 0.2) is 6.61 Å². The van der Waals surface area contributed by atoms with Crippen molar-refractivity contribution in [2.24, 2.45) is 0 Å². The first-order valence-electron chi connectivity index (χ1n) is 8.92. The lowest BCUT2D eigenvalue weighted by Crippen LogP contribution is -2.46. The van der Waals surface area contributed by atoms with Crippen molar-refractivity contribution in [3.63, 3.8) is 0 Å². The number of carbonyl (C=O) groups is 1. The largest absolute Gasteiger partial charge is 0.482 e. The number of ether oxygens (including phenoxy) is 1. The van der Waals surface area contributed by atoms with E-state index in [0.717, 1.165) is 4.47 Å². The van der Waals surface area contributed by atoms with E-state index in [2.05, 4.69) is 26.1 Å². The van der Waals surface area contributed by atoms with Crippen LogP contribution in [0.4, 0.5) is 5.69 Å². The zero-order valence-corrected chi connectivity index (χ0v) is 18.9. The van der Waals surface area contributed by atoms with E-state index in [9.17, 15) is 13.2 Å². The van der Waals surface area contributed by atoms with Gasteiger partial charge in [-0.05, 0) is 49.5 Å². The predicted molar refractivity (Wildman–Crippen MR) is 116 cm³/mol. The molecule has 2 aromatic rings. The molecule has 156 valence electrons.